The van der Waals surface area contributed by atoms with Gasteiger partial charge in [0.15, 0.2) is 18.1 Å². The number of ether oxygens (including phenoxy) is 3. The molecule has 0 spiro atoms. The van der Waals surface area contributed by atoms with Gasteiger partial charge in [0.25, 0.3) is 11.6 Å². The lowest BCUT2D eigenvalue weighted by Gasteiger charge is -2.12. The number of nitro benzene ring substituents is 1. The molecule has 0 atom stereocenters. The van der Waals surface area contributed by atoms with Gasteiger partial charge in [-0.15, -0.1) is 0 Å². The van der Waals surface area contributed by atoms with Crippen molar-refractivity contribution in [1.82, 2.24) is 5.32 Å². The predicted molar refractivity (Wildman–Crippen MR) is 104 cm³/mol. The second-order valence-electron chi connectivity index (χ2n) is 6.25. The maximum absolute atomic E-state index is 12.0. The average molecular weight is 388 g/mol. The second kappa shape index (κ2) is 9.59. The largest absolute Gasteiger partial charge is 0.493 e. The molecule has 0 aromatic heterocycles. The Kier molecular flexibility index (Phi) is 7.20. The highest BCUT2D eigenvalue weighted by Crippen LogP contribution is 2.34. The summed E-state index contributed by atoms with van der Waals surface area (Å²) in [6, 6.07) is 8.64. The SMILES string of the molecule is COc1cc(CCNC(=O)COc2cc(C)ccc2C)c([N+](=O)[O-])cc1OC. The van der Waals surface area contributed by atoms with Gasteiger partial charge in [-0.3, -0.25) is 14.9 Å². The van der Waals surface area contributed by atoms with E-state index >= 15 is 0 Å². The van der Waals surface area contributed by atoms with Gasteiger partial charge in [-0.2, -0.15) is 0 Å². The van der Waals surface area contributed by atoms with E-state index in [1.165, 1.54) is 20.3 Å². The lowest BCUT2D eigenvalue weighted by Crippen LogP contribution is -2.30. The molecule has 150 valence electrons. The van der Waals surface area contributed by atoms with Gasteiger partial charge in [-0.05, 0) is 43.5 Å². The normalized spacial score (nSPS) is 10.3. The molecule has 8 heteroatoms. The maximum Gasteiger partial charge on any atom is 0.276 e. The molecule has 2 rings (SSSR count). The maximum atomic E-state index is 12.0. The lowest BCUT2D eigenvalue weighted by molar-refractivity contribution is -0.385. The van der Waals surface area contributed by atoms with E-state index in [9.17, 15) is 14.9 Å². The highest BCUT2D eigenvalue weighted by Gasteiger charge is 2.19. The van der Waals surface area contributed by atoms with Crippen molar-refractivity contribution < 1.29 is 23.9 Å². The van der Waals surface area contributed by atoms with Crippen LogP contribution in [0.4, 0.5) is 5.69 Å². The second-order valence-corrected chi connectivity index (χ2v) is 6.25. The molecule has 0 aliphatic rings. The van der Waals surface area contributed by atoms with E-state index in [0.29, 0.717) is 17.1 Å². The van der Waals surface area contributed by atoms with Crippen LogP contribution in [0.2, 0.25) is 0 Å². The van der Waals surface area contributed by atoms with E-state index in [4.69, 9.17) is 14.2 Å². The van der Waals surface area contributed by atoms with Gasteiger partial charge in [-0.1, -0.05) is 12.1 Å². The summed E-state index contributed by atoms with van der Waals surface area (Å²) in [5.41, 5.74) is 2.35. The molecule has 0 fully saturated rings. The Morgan fingerprint density at radius 1 is 1.07 bits per heavy atom. The number of methoxy groups -OCH3 is 2. The number of rotatable bonds is 9. The first kappa shape index (κ1) is 21.0. The van der Waals surface area contributed by atoms with Crippen LogP contribution in [-0.2, 0) is 11.2 Å². The Morgan fingerprint density at radius 3 is 2.39 bits per heavy atom. The first-order valence-electron chi connectivity index (χ1n) is 8.71. The number of benzene rings is 2. The van der Waals surface area contributed by atoms with Crippen LogP contribution in [0.5, 0.6) is 17.2 Å². The summed E-state index contributed by atoms with van der Waals surface area (Å²) in [5.74, 6) is 1.03. The van der Waals surface area contributed by atoms with Crippen LogP contribution in [0.1, 0.15) is 16.7 Å². The summed E-state index contributed by atoms with van der Waals surface area (Å²) in [7, 11) is 2.87. The number of hydrogen-bond donors (Lipinski definition) is 1. The molecule has 2 aromatic carbocycles. The van der Waals surface area contributed by atoms with E-state index in [2.05, 4.69) is 5.32 Å². The van der Waals surface area contributed by atoms with Gasteiger partial charge < -0.3 is 19.5 Å². The van der Waals surface area contributed by atoms with Crippen LogP contribution in [0.25, 0.3) is 0 Å². The van der Waals surface area contributed by atoms with Crippen LogP contribution >= 0.6 is 0 Å². The molecule has 0 heterocycles. The van der Waals surface area contributed by atoms with Crippen LogP contribution in [0.3, 0.4) is 0 Å². The Labute approximate surface area is 163 Å². The van der Waals surface area contributed by atoms with Gasteiger partial charge >= 0.3 is 0 Å². The summed E-state index contributed by atoms with van der Waals surface area (Å²) >= 11 is 0. The third-order valence-corrected chi connectivity index (χ3v) is 4.20. The Bertz CT molecular complexity index is 866. The number of nitro groups is 1. The van der Waals surface area contributed by atoms with Crippen molar-refractivity contribution in [3.05, 3.63) is 57.1 Å². The number of amides is 1. The van der Waals surface area contributed by atoms with Crippen LogP contribution in [0.15, 0.2) is 30.3 Å². The van der Waals surface area contributed by atoms with Gasteiger partial charge in [-0.25, -0.2) is 0 Å². The number of carbonyl (C=O) groups is 1. The number of nitrogens with zero attached hydrogens (tertiary/aromatic N) is 1. The standard InChI is InChI=1S/C20H24N2O6/c1-13-5-6-14(2)17(9-13)28-12-20(23)21-8-7-15-10-18(26-3)19(27-4)11-16(15)22(24)25/h5-6,9-11H,7-8,12H2,1-4H3,(H,21,23). The van der Waals surface area contributed by atoms with Crippen molar-refractivity contribution in [3.63, 3.8) is 0 Å². The summed E-state index contributed by atoms with van der Waals surface area (Å²) in [6.45, 7) is 3.95. The van der Waals surface area contributed by atoms with E-state index in [1.54, 1.807) is 6.07 Å². The van der Waals surface area contributed by atoms with Crippen LogP contribution < -0.4 is 19.5 Å². The highest BCUT2D eigenvalue weighted by molar-refractivity contribution is 5.77. The number of aryl methyl sites for hydroxylation is 2. The van der Waals surface area contributed by atoms with Gasteiger partial charge in [0.1, 0.15) is 5.75 Å². The third kappa shape index (κ3) is 5.35. The minimum atomic E-state index is -0.483. The fraction of sp³-hybridized carbons (Fsp3) is 0.350. The molecule has 0 aliphatic carbocycles. The van der Waals surface area contributed by atoms with Gasteiger partial charge in [0.05, 0.1) is 25.2 Å². The molecular weight excluding hydrogens is 364 g/mol. The molecule has 1 amide bonds. The first-order chi connectivity index (χ1) is 13.3. The minimum absolute atomic E-state index is 0.0847. The van der Waals surface area contributed by atoms with E-state index in [-0.39, 0.29) is 36.9 Å². The van der Waals surface area contributed by atoms with Crippen molar-refractivity contribution in [2.75, 3.05) is 27.4 Å². The van der Waals surface area contributed by atoms with E-state index in [1.807, 2.05) is 32.0 Å². The molecule has 8 nitrogen and oxygen atoms in total. The summed E-state index contributed by atoms with van der Waals surface area (Å²) in [4.78, 5) is 22.9. The molecule has 0 saturated heterocycles. The fourth-order valence-electron chi connectivity index (χ4n) is 2.67. The van der Waals surface area contributed by atoms with Crippen molar-refractivity contribution in [2.45, 2.75) is 20.3 Å². The predicted octanol–water partition coefficient (Wildman–Crippen LogP) is 2.97. The zero-order chi connectivity index (χ0) is 20.7. The first-order valence-corrected chi connectivity index (χ1v) is 8.71. The molecule has 0 aliphatic heterocycles. The summed E-state index contributed by atoms with van der Waals surface area (Å²) < 4.78 is 15.8. The van der Waals surface area contributed by atoms with Crippen LogP contribution in [0, 0.1) is 24.0 Å². The van der Waals surface area contributed by atoms with Gasteiger partial charge in [0, 0.05) is 12.1 Å². The molecule has 0 saturated carbocycles. The number of hydrogen-bond acceptors (Lipinski definition) is 6. The van der Waals surface area contributed by atoms with Crippen molar-refractivity contribution >= 4 is 11.6 Å². The minimum Gasteiger partial charge on any atom is -0.493 e. The molecule has 28 heavy (non-hydrogen) atoms. The zero-order valence-electron chi connectivity index (χ0n) is 16.4. The van der Waals surface area contributed by atoms with Crippen molar-refractivity contribution in [2.24, 2.45) is 0 Å². The van der Waals surface area contributed by atoms with E-state index in [0.717, 1.165) is 11.1 Å². The quantitative estimate of drug-likeness (QED) is 0.524. The molecule has 0 radical (unpaired) electrons. The smallest absolute Gasteiger partial charge is 0.276 e. The molecule has 0 bridgehead atoms. The fourth-order valence-corrected chi connectivity index (χ4v) is 2.67. The molecule has 1 N–H and O–H groups in total. The monoisotopic (exact) mass is 388 g/mol. The third-order valence-electron chi connectivity index (χ3n) is 4.20. The highest BCUT2D eigenvalue weighted by atomic mass is 16.6. The number of carbonyl (C=O) groups excluding carboxylic acids is 1. The molecular formula is C20H24N2O6. The lowest BCUT2D eigenvalue weighted by atomic mass is 10.1. The molecule has 0 unspecified atom stereocenters. The van der Waals surface area contributed by atoms with Crippen molar-refractivity contribution in [3.8, 4) is 17.2 Å². The van der Waals surface area contributed by atoms with Crippen molar-refractivity contribution in [1.29, 1.82) is 0 Å². The molecule has 2 aromatic rings. The Hall–Kier alpha value is -3.29. The zero-order valence-corrected chi connectivity index (χ0v) is 16.4. The number of nitrogens with one attached hydrogen (secondary N) is 1. The van der Waals surface area contributed by atoms with E-state index < -0.39 is 4.92 Å². The Balaban J connectivity index is 1.95. The Morgan fingerprint density at radius 2 is 1.75 bits per heavy atom. The summed E-state index contributed by atoms with van der Waals surface area (Å²) in [6.07, 6.45) is 0.270. The summed E-state index contributed by atoms with van der Waals surface area (Å²) in [5, 5.41) is 14.0. The average Bonchev–Trinajstić information content (AvgIpc) is 2.67. The van der Waals surface area contributed by atoms with Gasteiger partial charge in [0.2, 0.25) is 0 Å². The van der Waals surface area contributed by atoms with Crippen LogP contribution in [-0.4, -0.2) is 38.2 Å². The topological polar surface area (TPSA) is 99.9 Å².